The van der Waals surface area contributed by atoms with Gasteiger partial charge >= 0.3 is 11.9 Å². The van der Waals surface area contributed by atoms with Crippen molar-refractivity contribution >= 4 is 11.9 Å². The summed E-state index contributed by atoms with van der Waals surface area (Å²) in [6, 6.07) is 15.7. The van der Waals surface area contributed by atoms with Gasteiger partial charge in [-0.1, -0.05) is 42.5 Å². The van der Waals surface area contributed by atoms with E-state index in [1.807, 2.05) is 36.4 Å². The number of nitrogens with zero attached hydrogens (tertiary/aromatic N) is 1. The first kappa shape index (κ1) is 18.6. The Morgan fingerprint density at radius 2 is 1.67 bits per heavy atom. The van der Waals surface area contributed by atoms with Gasteiger partial charge in [0.15, 0.2) is 0 Å². The molecule has 0 saturated carbocycles. The van der Waals surface area contributed by atoms with Crippen LogP contribution in [0.2, 0.25) is 0 Å². The van der Waals surface area contributed by atoms with Crippen molar-refractivity contribution in [1.82, 2.24) is 0 Å². The van der Waals surface area contributed by atoms with Crippen LogP contribution in [0.1, 0.15) is 22.8 Å². The second-order valence-corrected chi connectivity index (χ2v) is 4.38. The van der Waals surface area contributed by atoms with Gasteiger partial charge in [0, 0.05) is 6.92 Å². The minimum atomic E-state index is -1.27. The molecule has 0 aliphatic heterocycles. The van der Waals surface area contributed by atoms with E-state index < -0.39 is 17.0 Å². The topological polar surface area (TPSA) is 116 Å². The van der Waals surface area contributed by atoms with Gasteiger partial charge in [-0.2, -0.15) is 0 Å². The van der Waals surface area contributed by atoms with E-state index in [-0.39, 0.29) is 17.9 Å². The van der Waals surface area contributed by atoms with Gasteiger partial charge in [-0.05, 0) is 17.7 Å². The highest BCUT2D eigenvalue weighted by atomic mass is 16.9. The van der Waals surface area contributed by atoms with Crippen molar-refractivity contribution in [2.45, 2.75) is 13.5 Å². The summed E-state index contributed by atoms with van der Waals surface area (Å²) in [6.45, 7) is 0.757. The van der Waals surface area contributed by atoms with Gasteiger partial charge in [-0.25, -0.2) is 4.79 Å². The standard InChI is InChI=1S/C10H9NO7.C6H6/c1-6(12)18-9-4-7(5-17-11(15)16)2-3-8(9)10(13)14;1-2-4-6-5-3-1/h2-4H,5H2,1H3,(H,13,14);1-6H. The lowest BCUT2D eigenvalue weighted by molar-refractivity contribution is -0.763. The number of rotatable bonds is 5. The third kappa shape index (κ3) is 7.03. The molecule has 8 heteroatoms. The van der Waals surface area contributed by atoms with Crippen LogP contribution in [-0.4, -0.2) is 22.1 Å². The molecule has 1 N–H and O–H groups in total. The minimum absolute atomic E-state index is 0.181. The van der Waals surface area contributed by atoms with E-state index >= 15 is 0 Å². The molecule has 0 unspecified atom stereocenters. The highest BCUT2D eigenvalue weighted by Crippen LogP contribution is 2.21. The van der Waals surface area contributed by atoms with Gasteiger partial charge in [-0.3, -0.25) is 4.79 Å². The maximum Gasteiger partial charge on any atom is 0.339 e. The summed E-state index contributed by atoms with van der Waals surface area (Å²) in [6.07, 6.45) is 0. The average molecular weight is 333 g/mol. The van der Waals surface area contributed by atoms with Crippen LogP contribution in [-0.2, 0) is 16.2 Å². The molecular formula is C16H15NO7. The molecular weight excluding hydrogens is 318 g/mol. The summed E-state index contributed by atoms with van der Waals surface area (Å²) >= 11 is 0. The summed E-state index contributed by atoms with van der Waals surface area (Å²) in [5, 5.41) is 17.9. The number of benzene rings is 2. The van der Waals surface area contributed by atoms with Crippen LogP contribution < -0.4 is 4.74 Å². The molecule has 2 aromatic rings. The lowest BCUT2D eigenvalue weighted by Crippen LogP contribution is -2.08. The van der Waals surface area contributed by atoms with Crippen molar-refractivity contribution in [3.8, 4) is 5.75 Å². The Morgan fingerprint density at radius 1 is 1.12 bits per heavy atom. The molecule has 0 spiro atoms. The first-order valence-electron chi connectivity index (χ1n) is 6.72. The summed E-state index contributed by atoms with van der Waals surface area (Å²) in [5.74, 6) is -2.14. The molecule has 126 valence electrons. The number of carbonyl (C=O) groups is 2. The fraction of sp³-hybridized carbons (Fsp3) is 0.125. The number of ether oxygens (including phenoxy) is 1. The fourth-order valence-corrected chi connectivity index (χ4v) is 1.58. The maximum absolute atomic E-state index is 10.8. The number of carboxylic acids is 1. The Kier molecular flexibility index (Phi) is 7.43. The predicted molar refractivity (Wildman–Crippen MR) is 82.9 cm³/mol. The van der Waals surface area contributed by atoms with Gasteiger partial charge in [0.2, 0.25) is 0 Å². The van der Waals surface area contributed by atoms with Crippen molar-refractivity contribution < 1.29 is 29.4 Å². The van der Waals surface area contributed by atoms with Crippen molar-refractivity contribution in [3.05, 3.63) is 75.8 Å². The van der Waals surface area contributed by atoms with E-state index in [9.17, 15) is 19.7 Å². The Hall–Kier alpha value is -3.42. The van der Waals surface area contributed by atoms with Crippen molar-refractivity contribution in [1.29, 1.82) is 0 Å². The Bertz CT molecular complexity index is 674. The van der Waals surface area contributed by atoms with Crippen LogP contribution in [0.3, 0.4) is 0 Å². The predicted octanol–water partition coefficient (Wildman–Crippen LogP) is 2.71. The highest BCUT2D eigenvalue weighted by molar-refractivity contribution is 5.92. The Balaban J connectivity index is 0.000000400. The third-order valence-electron chi connectivity index (χ3n) is 2.53. The molecule has 0 atom stereocenters. The number of hydrogen-bond donors (Lipinski definition) is 1. The normalized spacial score (nSPS) is 9.21. The molecule has 0 saturated heterocycles. The molecule has 8 nitrogen and oxygen atoms in total. The van der Waals surface area contributed by atoms with Crippen molar-refractivity contribution in [2.24, 2.45) is 0 Å². The molecule has 0 aromatic heterocycles. The van der Waals surface area contributed by atoms with E-state index in [4.69, 9.17) is 9.84 Å². The largest absolute Gasteiger partial charge is 0.478 e. The summed E-state index contributed by atoms with van der Waals surface area (Å²) in [4.78, 5) is 35.8. The van der Waals surface area contributed by atoms with Crippen LogP contribution in [0.15, 0.2) is 54.6 Å². The highest BCUT2D eigenvalue weighted by Gasteiger charge is 2.14. The Morgan fingerprint density at radius 3 is 2.08 bits per heavy atom. The van der Waals surface area contributed by atoms with E-state index in [2.05, 4.69) is 4.84 Å². The molecule has 0 fully saturated rings. The second kappa shape index (κ2) is 9.57. The SMILES string of the molecule is CC(=O)Oc1cc(CO[N+](=O)[O-])ccc1C(=O)O.c1ccccc1. The number of hydrogen-bond acceptors (Lipinski definition) is 6. The molecule has 0 heterocycles. The summed E-state index contributed by atoms with van der Waals surface area (Å²) in [7, 11) is 0. The van der Waals surface area contributed by atoms with Gasteiger partial charge in [0.05, 0.1) is 0 Å². The fourth-order valence-electron chi connectivity index (χ4n) is 1.58. The molecule has 0 aliphatic carbocycles. The third-order valence-corrected chi connectivity index (χ3v) is 2.53. The molecule has 2 rings (SSSR count). The van der Waals surface area contributed by atoms with E-state index in [0.717, 1.165) is 6.92 Å². The molecule has 0 amide bonds. The number of aromatic carboxylic acids is 1. The van der Waals surface area contributed by atoms with Crippen LogP contribution in [0, 0.1) is 10.1 Å². The van der Waals surface area contributed by atoms with Gasteiger partial charge in [0.25, 0.3) is 5.09 Å². The zero-order valence-electron chi connectivity index (χ0n) is 12.7. The molecule has 0 bridgehead atoms. The quantitative estimate of drug-likeness (QED) is 0.387. The first-order chi connectivity index (χ1) is 11.4. The maximum atomic E-state index is 10.8. The molecule has 0 radical (unpaired) electrons. The van der Waals surface area contributed by atoms with E-state index in [1.54, 1.807) is 0 Å². The van der Waals surface area contributed by atoms with Crippen molar-refractivity contribution in [3.63, 3.8) is 0 Å². The van der Waals surface area contributed by atoms with Crippen LogP contribution >= 0.6 is 0 Å². The van der Waals surface area contributed by atoms with Crippen molar-refractivity contribution in [2.75, 3.05) is 0 Å². The average Bonchev–Trinajstić information content (AvgIpc) is 2.54. The zero-order chi connectivity index (χ0) is 17.9. The van der Waals surface area contributed by atoms with Gasteiger partial charge in [0.1, 0.15) is 17.9 Å². The minimum Gasteiger partial charge on any atom is -0.478 e. The molecule has 0 aliphatic rings. The smallest absolute Gasteiger partial charge is 0.339 e. The zero-order valence-corrected chi connectivity index (χ0v) is 12.7. The van der Waals surface area contributed by atoms with Crippen LogP contribution in [0.4, 0.5) is 0 Å². The van der Waals surface area contributed by atoms with E-state index in [0.29, 0.717) is 5.56 Å². The Labute approximate surface area is 137 Å². The van der Waals surface area contributed by atoms with Crippen LogP contribution in [0.25, 0.3) is 0 Å². The molecule has 2 aromatic carbocycles. The number of esters is 1. The second-order valence-electron chi connectivity index (χ2n) is 4.38. The van der Waals surface area contributed by atoms with Gasteiger partial charge < -0.3 is 14.7 Å². The number of carbonyl (C=O) groups excluding carboxylic acids is 1. The summed E-state index contributed by atoms with van der Waals surface area (Å²) < 4.78 is 4.71. The monoisotopic (exact) mass is 333 g/mol. The lowest BCUT2D eigenvalue weighted by Gasteiger charge is -2.07. The van der Waals surface area contributed by atoms with Crippen LogP contribution in [0.5, 0.6) is 5.75 Å². The first-order valence-corrected chi connectivity index (χ1v) is 6.72. The molecule has 24 heavy (non-hydrogen) atoms. The van der Waals surface area contributed by atoms with E-state index in [1.165, 1.54) is 18.2 Å². The summed E-state index contributed by atoms with van der Waals surface area (Å²) in [5.41, 5.74) is 0.100. The number of carboxylic acid groups (broad SMARTS) is 1. The van der Waals surface area contributed by atoms with Gasteiger partial charge in [-0.15, -0.1) is 10.1 Å². The lowest BCUT2D eigenvalue weighted by atomic mass is 10.1.